The maximum atomic E-state index is 12.7. The Morgan fingerprint density at radius 3 is 1.89 bits per heavy atom. The molecule has 0 bridgehead atoms. The zero-order chi connectivity index (χ0) is 15.1. The lowest BCUT2D eigenvalue weighted by molar-refractivity contribution is -0.193. The number of hydrogen-bond acceptors (Lipinski definition) is 1. The smallest absolute Gasteiger partial charge is 0.352 e. The van der Waals surface area contributed by atoms with Crippen molar-refractivity contribution < 1.29 is 31.1 Å². The molecule has 1 fully saturated rings. The summed E-state index contributed by atoms with van der Waals surface area (Å²) in [7, 11) is 0. The van der Waals surface area contributed by atoms with Crippen LogP contribution in [0, 0.1) is 11.3 Å². The second-order valence-electron chi connectivity index (χ2n) is 5.22. The van der Waals surface area contributed by atoms with E-state index in [2.05, 4.69) is 0 Å². The quantitative estimate of drug-likeness (QED) is 0.790. The summed E-state index contributed by atoms with van der Waals surface area (Å²) in [6.07, 6.45) is -11.3. The van der Waals surface area contributed by atoms with Gasteiger partial charge in [0.25, 0.3) is 0 Å². The molecule has 1 atom stereocenters. The van der Waals surface area contributed by atoms with E-state index in [4.69, 9.17) is 0 Å². The fraction of sp³-hybridized carbons (Fsp3) is 0.909. The Bertz CT molecular complexity index is 342. The van der Waals surface area contributed by atoms with Crippen LogP contribution in [0.4, 0.5) is 26.3 Å². The van der Waals surface area contributed by atoms with Gasteiger partial charge in [-0.1, -0.05) is 13.8 Å². The molecule has 0 unspecified atom stereocenters. The molecule has 19 heavy (non-hydrogen) atoms. The van der Waals surface area contributed by atoms with Gasteiger partial charge in [0.15, 0.2) is 0 Å². The SMILES string of the molecule is CC(C)[C@@H](CC(F)(F)F)NC(=O)C1(C(F)(F)F)CC1. The van der Waals surface area contributed by atoms with E-state index in [1.54, 1.807) is 0 Å². The second-order valence-corrected chi connectivity index (χ2v) is 5.22. The summed E-state index contributed by atoms with van der Waals surface area (Å²) in [6.45, 7) is 2.84. The lowest BCUT2D eigenvalue weighted by Crippen LogP contribution is -2.48. The Morgan fingerprint density at radius 2 is 1.63 bits per heavy atom. The number of amides is 1. The summed E-state index contributed by atoms with van der Waals surface area (Å²) in [5.74, 6) is -1.95. The fourth-order valence-corrected chi connectivity index (χ4v) is 1.77. The molecule has 0 radical (unpaired) electrons. The number of hydrogen-bond donors (Lipinski definition) is 1. The second kappa shape index (κ2) is 4.86. The third kappa shape index (κ3) is 3.76. The molecule has 1 aliphatic carbocycles. The number of nitrogens with one attached hydrogen (secondary N) is 1. The topological polar surface area (TPSA) is 29.1 Å². The van der Waals surface area contributed by atoms with E-state index in [-0.39, 0.29) is 12.8 Å². The van der Waals surface area contributed by atoms with Crippen LogP contribution < -0.4 is 5.32 Å². The highest BCUT2D eigenvalue weighted by atomic mass is 19.4. The molecule has 0 aromatic rings. The minimum absolute atomic E-state index is 0.362. The average molecular weight is 291 g/mol. The Hall–Kier alpha value is -0.950. The maximum absolute atomic E-state index is 12.7. The molecule has 1 aliphatic rings. The Labute approximate surface area is 106 Å². The Morgan fingerprint density at radius 1 is 1.16 bits per heavy atom. The molecular formula is C11H15F6NO. The number of halogens is 6. The summed E-state index contributed by atoms with van der Waals surface area (Å²) in [4.78, 5) is 11.6. The van der Waals surface area contributed by atoms with Crippen molar-refractivity contribution in [2.75, 3.05) is 0 Å². The molecule has 112 valence electrons. The summed E-state index contributed by atoms with van der Waals surface area (Å²) in [6, 6.07) is -1.34. The third-order valence-corrected chi connectivity index (χ3v) is 3.30. The van der Waals surface area contributed by atoms with Crippen molar-refractivity contribution in [1.29, 1.82) is 0 Å². The monoisotopic (exact) mass is 291 g/mol. The first-order valence-corrected chi connectivity index (χ1v) is 5.83. The van der Waals surface area contributed by atoms with Gasteiger partial charge in [-0.15, -0.1) is 0 Å². The van der Waals surface area contributed by atoms with E-state index < -0.39 is 42.1 Å². The molecule has 0 aromatic carbocycles. The van der Waals surface area contributed by atoms with Crippen molar-refractivity contribution in [3.63, 3.8) is 0 Å². The van der Waals surface area contributed by atoms with Crippen molar-refractivity contribution in [2.45, 2.75) is 51.5 Å². The van der Waals surface area contributed by atoms with Crippen LogP contribution in [0.1, 0.15) is 33.1 Å². The fourth-order valence-electron chi connectivity index (χ4n) is 1.77. The number of alkyl halides is 6. The first-order chi connectivity index (χ1) is 8.39. The lowest BCUT2D eigenvalue weighted by Gasteiger charge is -2.27. The molecule has 2 nitrogen and oxygen atoms in total. The van der Waals surface area contributed by atoms with Crippen LogP contribution in [0.25, 0.3) is 0 Å². The molecule has 0 saturated heterocycles. The van der Waals surface area contributed by atoms with E-state index in [0.29, 0.717) is 0 Å². The van der Waals surface area contributed by atoms with Crippen molar-refractivity contribution in [3.8, 4) is 0 Å². The summed E-state index contributed by atoms with van der Waals surface area (Å²) >= 11 is 0. The minimum atomic E-state index is -4.71. The zero-order valence-electron chi connectivity index (χ0n) is 10.5. The highest BCUT2D eigenvalue weighted by molar-refractivity contribution is 5.86. The predicted molar refractivity (Wildman–Crippen MR) is 55.2 cm³/mol. The molecule has 1 amide bonds. The van der Waals surface area contributed by atoms with E-state index in [9.17, 15) is 31.1 Å². The van der Waals surface area contributed by atoms with Crippen LogP contribution in [0.2, 0.25) is 0 Å². The van der Waals surface area contributed by atoms with E-state index in [0.717, 1.165) is 0 Å². The average Bonchev–Trinajstić information content (AvgIpc) is 2.92. The summed E-state index contributed by atoms with van der Waals surface area (Å²) < 4.78 is 74.8. The number of carbonyl (C=O) groups is 1. The van der Waals surface area contributed by atoms with Gasteiger partial charge in [-0.05, 0) is 18.8 Å². The van der Waals surface area contributed by atoms with E-state index >= 15 is 0 Å². The van der Waals surface area contributed by atoms with Gasteiger partial charge in [-0.25, -0.2) is 0 Å². The Balaban J connectivity index is 2.74. The molecule has 0 spiro atoms. The van der Waals surface area contributed by atoms with Crippen LogP contribution in [0.5, 0.6) is 0 Å². The highest BCUT2D eigenvalue weighted by Crippen LogP contribution is 2.57. The molecule has 1 saturated carbocycles. The van der Waals surface area contributed by atoms with Gasteiger partial charge in [-0.2, -0.15) is 26.3 Å². The van der Waals surface area contributed by atoms with Gasteiger partial charge in [0.05, 0.1) is 6.42 Å². The predicted octanol–water partition coefficient (Wildman–Crippen LogP) is 3.42. The normalized spacial score (nSPS) is 20.3. The van der Waals surface area contributed by atoms with E-state index in [1.165, 1.54) is 13.8 Å². The summed E-state index contributed by atoms with van der Waals surface area (Å²) in [5.41, 5.74) is -2.48. The highest BCUT2D eigenvalue weighted by Gasteiger charge is 2.68. The lowest BCUT2D eigenvalue weighted by atomic mass is 9.98. The first-order valence-electron chi connectivity index (χ1n) is 5.83. The van der Waals surface area contributed by atoms with E-state index in [1.807, 2.05) is 5.32 Å². The van der Waals surface area contributed by atoms with Gasteiger partial charge < -0.3 is 5.32 Å². The van der Waals surface area contributed by atoms with Gasteiger partial charge in [0.2, 0.25) is 5.91 Å². The zero-order valence-corrected chi connectivity index (χ0v) is 10.5. The molecule has 0 aromatic heterocycles. The van der Waals surface area contributed by atoms with Gasteiger partial charge >= 0.3 is 12.4 Å². The first kappa shape index (κ1) is 16.1. The van der Waals surface area contributed by atoms with Gasteiger partial charge in [0, 0.05) is 6.04 Å². The van der Waals surface area contributed by atoms with Crippen molar-refractivity contribution >= 4 is 5.91 Å². The van der Waals surface area contributed by atoms with Crippen LogP contribution >= 0.6 is 0 Å². The van der Waals surface area contributed by atoms with Crippen molar-refractivity contribution in [1.82, 2.24) is 5.32 Å². The molecular weight excluding hydrogens is 276 g/mol. The van der Waals surface area contributed by atoms with Crippen LogP contribution in [-0.4, -0.2) is 24.3 Å². The van der Waals surface area contributed by atoms with Gasteiger partial charge in [-0.3, -0.25) is 4.79 Å². The number of rotatable bonds is 4. The van der Waals surface area contributed by atoms with Crippen LogP contribution in [-0.2, 0) is 4.79 Å². The maximum Gasteiger partial charge on any atom is 0.403 e. The van der Waals surface area contributed by atoms with Crippen LogP contribution in [0.15, 0.2) is 0 Å². The summed E-state index contributed by atoms with van der Waals surface area (Å²) in [5, 5.41) is 1.90. The van der Waals surface area contributed by atoms with Crippen molar-refractivity contribution in [2.24, 2.45) is 11.3 Å². The van der Waals surface area contributed by atoms with Gasteiger partial charge in [0.1, 0.15) is 5.41 Å². The molecule has 8 heteroatoms. The molecule has 0 heterocycles. The third-order valence-electron chi connectivity index (χ3n) is 3.30. The minimum Gasteiger partial charge on any atom is -0.352 e. The largest absolute Gasteiger partial charge is 0.403 e. The number of carbonyl (C=O) groups excluding carboxylic acids is 1. The molecule has 1 N–H and O–H groups in total. The molecule has 1 rings (SSSR count). The van der Waals surface area contributed by atoms with Crippen LogP contribution in [0.3, 0.4) is 0 Å². The molecule has 0 aliphatic heterocycles. The van der Waals surface area contributed by atoms with Crippen molar-refractivity contribution in [3.05, 3.63) is 0 Å². The standard InChI is InChI=1S/C11H15F6NO/c1-6(2)7(5-10(12,13)14)18-8(19)9(3-4-9)11(15,16)17/h6-7H,3-5H2,1-2H3,(H,18,19)/t7-/m1/s1. The Kier molecular flexibility index (Phi) is 4.12.